The van der Waals surface area contributed by atoms with Gasteiger partial charge in [-0.15, -0.1) is 0 Å². The van der Waals surface area contributed by atoms with Crippen LogP contribution in [0.4, 0.5) is 8.78 Å². The number of alkyl halides is 1. The average molecular weight is 553 g/mol. The number of halogens is 3. The maximum atomic E-state index is 14.3. The van der Waals surface area contributed by atoms with Gasteiger partial charge < -0.3 is 9.64 Å². The van der Waals surface area contributed by atoms with Gasteiger partial charge in [0.2, 0.25) is 15.9 Å². The normalized spacial score (nSPS) is 22.7. The third-order valence-corrected chi connectivity index (χ3v) is 8.51. The van der Waals surface area contributed by atoms with E-state index in [1.807, 2.05) is 0 Å². The molecule has 35 heavy (non-hydrogen) atoms. The number of nitrogens with zero attached hydrogens (tertiary/aromatic N) is 1. The smallest absolute Gasteiger partial charge is 0.237 e. The highest BCUT2D eigenvalue weighted by Crippen LogP contribution is 2.34. The standard InChI is InChI=1S/C22H27ClF2N2O6S2/c1-34(29,30)26-13-21(28)27(16-12-18-19(24)8-9-20(25)22(18)33-14-16)10-2-3-11-35(31,32)17-6-4-15(23)5-7-17/h4-9,16,20,22,26H,2-3,10-14H2,1H3/t16-,20?,22?/m1/s1. The van der Waals surface area contributed by atoms with Crippen LogP contribution < -0.4 is 4.72 Å². The molecule has 1 saturated heterocycles. The summed E-state index contributed by atoms with van der Waals surface area (Å²) in [5, 5.41) is 0.414. The van der Waals surface area contributed by atoms with Crippen LogP contribution in [0.2, 0.25) is 5.02 Å². The summed E-state index contributed by atoms with van der Waals surface area (Å²) in [6.45, 7) is -0.499. The van der Waals surface area contributed by atoms with Gasteiger partial charge in [0, 0.05) is 11.6 Å². The van der Waals surface area contributed by atoms with E-state index in [-0.39, 0.29) is 48.6 Å². The molecule has 1 aliphatic heterocycles. The first-order valence-electron chi connectivity index (χ1n) is 10.9. The first kappa shape index (κ1) is 27.7. The number of hydrogen-bond donors (Lipinski definition) is 1. The summed E-state index contributed by atoms with van der Waals surface area (Å²) in [6, 6.07) is 5.14. The van der Waals surface area contributed by atoms with E-state index in [9.17, 15) is 30.4 Å². The van der Waals surface area contributed by atoms with Crippen LogP contribution in [0.15, 0.2) is 52.7 Å². The molecule has 8 nitrogen and oxygen atoms in total. The number of allylic oxidation sites excluding steroid dienone is 2. The monoisotopic (exact) mass is 552 g/mol. The summed E-state index contributed by atoms with van der Waals surface area (Å²) in [4.78, 5) is 14.3. The molecule has 1 N–H and O–H groups in total. The maximum absolute atomic E-state index is 14.3. The summed E-state index contributed by atoms with van der Waals surface area (Å²) in [6.07, 6.45) is 0.976. The Kier molecular flexibility index (Phi) is 9.08. The molecule has 0 spiro atoms. The second-order valence-corrected chi connectivity index (χ2v) is 12.8. The van der Waals surface area contributed by atoms with E-state index in [1.165, 1.54) is 29.2 Å². The Labute approximate surface area is 208 Å². The van der Waals surface area contributed by atoms with Gasteiger partial charge in [-0.05, 0) is 61.3 Å². The Hall–Kier alpha value is -1.86. The van der Waals surface area contributed by atoms with E-state index in [1.54, 1.807) is 0 Å². The predicted octanol–water partition coefficient (Wildman–Crippen LogP) is 2.56. The number of amides is 1. The molecule has 0 saturated carbocycles. The molecular formula is C22H27ClF2N2O6S2. The quantitative estimate of drug-likeness (QED) is 0.447. The molecule has 1 heterocycles. The molecule has 1 aromatic rings. The van der Waals surface area contributed by atoms with Gasteiger partial charge in [0.25, 0.3) is 0 Å². The lowest BCUT2D eigenvalue weighted by atomic mass is 9.90. The lowest BCUT2D eigenvalue weighted by Gasteiger charge is -2.40. The number of carbonyl (C=O) groups excluding carboxylic acids is 1. The van der Waals surface area contributed by atoms with Gasteiger partial charge in [-0.2, -0.15) is 0 Å². The minimum Gasteiger partial charge on any atom is -0.368 e. The molecule has 1 amide bonds. The average Bonchev–Trinajstić information content (AvgIpc) is 2.79. The van der Waals surface area contributed by atoms with Crippen LogP contribution in [-0.2, 0) is 29.4 Å². The first-order chi connectivity index (χ1) is 16.4. The van der Waals surface area contributed by atoms with Crippen molar-refractivity contribution < 1.29 is 35.1 Å². The second kappa shape index (κ2) is 11.5. The summed E-state index contributed by atoms with van der Waals surface area (Å²) < 4.78 is 84.1. The lowest BCUT2D eigenvalue weighted by molar-refractivity contribution is -0.136. The number of sulfone groups is 1. The number of carbonyl (C=O) groups is 1. The van der Waals surface area contributed by atoms with Gasteiger partial charge in [0.05, 0.1) is 36.1 Å². The molecule has 1 aromatic carbocycles. The van der Waals surface area contributed by atoms with Crippen molar-refractivity contribution in [3.05, 3.63) is 52.8 Å². The highest BCUT2D eigenvalue weighted by molar-refractivity contribution is 7.91. The van der Waals surface area contributed by atoms with E-state index in [4.69, 9.17) is 16.3 Å². The molecule has 2 aliphatic rings. The Morgan fingerprint density at radius 2 is 1.89 bits per heavy atom. The number of benzene rings is 1. The van der Waals surface area contributed by atoms with E-state index < -0.39 is 56.5 Å². The number of nitrogens with one attached hydrogen (secondary N) is 1. The van der Waals surface area contributed by atoms with E-state index in [0.29, 0.717) is 5.02 Å². The third kappa shape index (κ3) is 7.56. The highest BCUT2D eigenvalue weighted by Gasteiger charge is 2.38. The molecule has 1 aliphatic carbocycles. The van der Waals surface area contributed by atoms with Crippen LogP contribution in [0.25, 0.3) is 0 Å². The van der Waals surface area contributed by atoms with Crippen LogP contribution in [0.1, 0.15) is 19.3 Å². The largest absolute Gasteiger partial charge is 0.368 e. The Balaban J connectivity index is 1.67. The van der Waals surface area contributed by atoms with Crippen molar-refractivity contribution in [1.82, 2.24) is 9.62 Å². The van der Waals surface area contributed by atoms with Crippen molar-refractivity contribution in [2.24, 2.45) is 0 Å². The maximum Gasteiger partial charge on any atom is 0.237 e. The zero-order valence-electron chi connectivity index (χ0n) is 19.0. The van der Waals surface area contributed by atoms with Gasteiger partial charge in [0.1, 0.15) is 18.1 Å². The fourth-order valence-corrected chi connectivity index (χ4v) is 5.87. The molecule has 2 unspecified atom stereocenters. The van der Waals surface area contributed by atoms with Crippen molar-refractivity contribution in [2.75, 3.05) is 31.7 Å². The second-order valence-electron chi connectivity index (χ2n) is 8.45. The van der Waals surface area contributed by atoms with Crippen molar-refractivity contribution in [3.63, 3.8) is 0 Å². The molecule has 194 valence electrons. The van der Waals surface area contributed by atoms with Gasteiger partial charge >= 0.3 is 0 Å². The fraction of sp³-hybridized carbons (Fsp3) is 0.500. The molecule has 1 fully saturated rings. The minimum atomic E-state index is -3.64. The Morgan fingerprint density at radius 3 is 2.54 bits per heavy atom. The molecule has 0 radical (unpaired) electrons. The number of hydrogen-bond acceptors (Lipinski definition) is 6. The van der Waals surface area contributed by atoms with Gasteiger partial charge in [-0.1, -0.05) is 11.6 Å². The molecule has 3 atom stereocenters. The van der Waals surface area contributed by atoms with Crippen LogP contribution in [-0.4, -0.2) is 77.7 Å². The summed E-state index contributed by atoms with van der Waals surface area (Å²) in [5.74, 6) is -1.37. The highest BCUT2D eigenvalue weighted by atomic mass is 35.5. The summed E-state index contributed by atoms with van der Waals surface area (Å²) in [5.41, 5.74) is 0.107. The number of ether oxygens (including phenoxy) is 1. The van der Waals surface area contributed by atoms with Crippen LogP contribution in [0.5, 0.6) is 0 Å². The molecule has 0 aromatic heterocycles. The number of sulfonamides is 1. The van der Waals surface area contributed by atoms with Crippen molar-refractivity contribution >= 4 is 37.4 Å². The van der Waals surface area contributed by atoms with E-state index >= 15 is 0 Å². The number of unbranched alkanes of at least 4 members (excludes halogenated alkanes) is 1. The minimum absolute atomic E-state index is 0.0228. The van der Waals surface area contributed by atoms with Crippen LogP contribution >= 0.6 is 11.6 Å². The SMILES string of the molecule is CS(=O)(=O)NCC(=O)N(CCCCS(=O)(=O)c1ccc(Cl)cc1)[C@H]1COC2C(=C(F)C=CC2F)C1. The summed E-state index contributed by atoms with van der Waals surface area (Å²) >= 11 is 5.80. The van der Waals surface area contributed by atoms with E-state index in [0.717, 1.165) is 18.4 Å². The topological polar surface area (TPSA) is 110 Å². The number of fused-ring (bicyclic) bond motifs is 1. The van der Waals surface area contributed by atoms with Crippen LogP contribution in [0, 0.1) is 0 Å². The van der Waals surface area contributed by atoms with E-state index in [2.05, 4.69) is 4.72 Å². The van der Waals surface area contributed by atoms with Gasteiger partial charge in [-0.25, -0.2) is 30.3 Å². The first-order valence-corrected chi connectivity index (χ1v) is 14.8. The van der Waals surface area contributed by atoms with Crippen molar-refractivity contribution in [1.29, 1.82) is 0 Å². The Morgan fingerprint density at radius 1 is 1.20 bits per heavy atom. The predicted molar refractivity (Wildman–Crippen MR) is 128 cm³/mol. The van der Waals surface area contributed by atoms with Gasteiger partial charge in [0.15, 0.2) is 9.84 Å². The zero-order valence-corrected chi connectivity index (χ0v) is 21.4. The van der Waals surface area contributed by atoms with Crippen molar-refractivity contribution in [2.45, 2.75) is 42.5 Å². The van der Waals surface area contributed by atoms with Crippen molar-refractivity contribution in [3.8, 4) is 0 Å². The zero-order chi connectivity index (χ0) is 25.8. The molecule has 3 rings (SSSR count). The fourth-order valence-electron chi connectivity index (χ4n) is 3.99. The van der Waals surface area contributed by atoms with Gasteiger partial charge in [-0.3, -0.25) is 4.79 Å². The number of rotatable bonds is 10. The van der Waals surface area contributed by atoms with Crippen LogP contribution in [0.3, 0.4) is 0 Å². The third-order valence-electron chi connectivity index (χ3n) is 5.77. The molecular weight excluding hydrogens is 526 g/mol. The lowest BCUT2D eigenvalue weighted by Crippen LogP contribution is -2.51. The molecule has 0 bridgehead atoms. The Bertz CT molecular complexity index is 1200. The summed E-state index contributed by atoms with van der Waals surface area (Å²) in [7, 11) is -7.21. The molecule has 13 heteroatoms.